The first-order valence-electron chi connectivity index (χ1n) is 6.75. The van der Waals surface area contributed by atoms with Gasteiger partial charge in [0.2, 0.25) is 5.91 Å². The summed E-state index contributed by atoms with van der Waals surface area (Å²) in [6, 6.07) is 0. The molecule has 4 nitrogen and oxygen atoms in total. The number of unbranched alkanes of at least 4 members (excludes halogenated alkanes) is 2. The predicted octanol–water partition coefficient (Wildman–Crippen LogP) is 1.35. The van der Waals surface area contributed by atoms with Crippen molar-refractivity contribution in [2.75, 3.05) is 26.2 Å². The maximum atomic E-state index is 11.5. The van der Waals surface area contributed by atoms with Gasteiger partial charge in [-0.3, -0.25) is 4.79 Å². The van der Waals surface area contributed by atoms with Gasteiger partial charge in [-0.25, -0.2) is 0 Å². The topological polar surface area (TPSA) is 49.4 Å². The number of nitrogens with one attached hydrogen (secondary N) is 1. The van der Waals surface area contributed by atoms with E-state index >= 15 is 0 Å². The summed E-state index contributed by atoms with van der Waals surface area (Å²) in [5.41, 5.74) is 0. The number of aldehydes is 1. The summed E-state index contributed by atoms with van der Waals surface area (Å²) in [4.78, 5) is 24.0. The minimum absolute atomic E-state index is 0.140. The van der Waals surface area contributed by atoms with E-state index in [2.05, 4.69) is 10.2 Å². The Kier molecular flexibility index (Phi) is 7.63. The summed E-state index contributed by atoms with van der Waals surface area (Å²) in [6.07, 6.45) is 7.78. The van der Waals surface area contributed by atoms with Crippen molar-refractivity contribution in [3.8, 4) is 0 Å². The predicted molar refractivity (Wildman–Crippen MR) is 67.8 cm³/mol. The highest BCUT2D eigenvalue weighted by atomic mass is 16.1. The van der Waals surface area contributed by atoms with Crippen LogP contribution in [0.1, 0.15) is 44.9 Å². The molecule has 1 rings (SSSR count). The van der Waals surface area contributed by atoms with E-state index in [9.17, 15) is 9.59 Å². The largest absolute Gasteiger partial charge is 0.356 e. The van der Waals surface area contributed by atoms with E-state index in [-0.39, 0.29) is 5.91 Å². The molecule has 0 aliphatic carbocycles. The summed E-state index contributed by atoms with van der Waals surface area (Å²) >= 11 is 0. The fourth-order valence-corrected chi connectivity index (χ4v) is 2.11. The summed E-state index contributed by atoms with van der Waals surface area (Å²) in [5.74, 6) is 0.140. The molecule has 0 unspecified atom stereocenters. The van der Waals surface area contributed by atoms with E-state index in [0.717, 1.165) is 38.8 Å². The molecule has 0 saturated carbocycles. The lowest BCUT2D eigenvalue weighted by molar-refractivity contribution is -0.121. The highest BCUT2D eigenvalue weighted by Crippen LogP contribution is 2.08. The smallest absolute Gasteiger partial charge is 0.221 e. The zero-order valence-electron chi connectivity index (χ0n) is 10.6. The lowest BCUT2D eigenvalue weighted by atomic mass is 10.1. The summed E-state index contributed by atoms with van der Waals surface area (Å²) in [6.45, 7) is 3.88. The third-order valence-electron chi connectivity index (χ3n) is 3.17. The van der Waals surface area contributed by atoms with Gasteiger partial charge in [0.15, 0.2) is 0 Å². The van der Waals surface area contributed by atoms with Gasteiger partial charge in [-0.15, -0.1) is 0 Å². The van der Waals surface area contributed by atoms with Gasteiger partial charge < -0.3 is 15.0 Å². The molecule has 1 amide bonds. The van der Waals surface area contributed by atoms with E-state index in [1.54, 1.807) is 0 Å². The third-order valence-corrected chi connectivity index (χ3v) is 3.17. The molecule has 0 aromatic rings. The summed E-state index contributed by atoms with van der Waals surface area (Å²) in [5, 5.41) is 2.90. The van der Waals surface area contributed by atoms with Crippen LogP contribution >= 0.6 is 0 Å². The Hall–Kier alpha value is -0.900. The summed E-state index contributed by atoms with van der Waals surface area (Å²) in [7, 11) is 0. The van der Waals surface area contributed by atoms with Gasteiger partial charge >= 0.3 is 0 Å². The van der Waals surface area contributed by atoms with Crippen LogP contribution in [-0.4, -0.2) is 43.3 Å². The molecule has 1 heterocycles. The zero-order chi connectivity index (χ0) is 12.3. The second-order valence-corrected chi connectivity index (χ2v) is 4.66. The number of hydrogen-bond donors (Lipinski definition) is 1. The third kappa shape index (κ3) is 7.10. The molecule has 1 aliphatic rings. The lowest BCUT2D eigenvalue weighted by Gasteiger charge is -2.25. The van der Waals surface area contributed by atoms with E-state index in [0.29, 0.717) is 19.4 Å². The SMILES string of the molecule is O=CCCCCNC(=O)CCN1CCCCC1. The van der Waals surface area contributed by atoms with Gasteiger partial charge in [0, 0.05) is 25.9 Å². The molecule has 1 N–H and O–H groups in total. The average Bonchev–Trinajstić information content (AvgIpc) is 2.37. The Morgan fingerprint density at radius 1 is 1.18 bits per heavy atom. The van der Waals surface area contributed by atoms with Crippen LogP contribution in [-0.2, 0) is 9.59 Å². The van der Waals surface area contributed by atoms with Gasteiger partial charge in [0.25, 0.3) is 0 Å². The van der Waals surface area contributed by atoms with E-state index < -0.39 is 0 Å². The second kappa shape index (κ2) is 9.16. The van der Waals surface area contributed by atoms with Crippen molar-refractivity contribution in [1.29, 1.82) is 0 Å². The molecule has 1 aliphatic heterocycles. The molecule has 1 fully saturated rings. The number of piperidine rings is 1. The van der Waals surface area contributed by atoms with Gasteiger partial charge in [-0.1, -0.05) is 6.42 Å². The van der Waals surface area contributed by atoms with E-state index in [4.69, 9.17) is 0 Å². The van der Waals surface area contributed by atoms with Crippen molar-refractivity contribution in [3.63, 3.8) is 0 Å². The second-order valence-electron chi connectivity index (χ2n) is 4.66. The normalized spacial score (nSPS) is 16.7. The highest BCUT2D eigenvalue weighted by molar-refractivity contribution is 5.76. The van der Waals surface area contributed by atoms with E-state index in [1.165, 1.54) is 19.3 Å². The van der Waals surface area contributed by atoms with Crippen molar-refractivity contribution in [1.82, 2.24) is 10.2 Å². The van der Waals surface area contributed by atoms with Crippen molar-refractivity contribution >= 4 is 12.2 Å². The Morgan fingerprint density at radius 3 is 2.65 bits per heavy atom. The lowest BCUT2D eigenvalue weighted by Crippen LogP contribution is -2.34. The molecule has 1 saturated heterocycles. The van der Waals surface area contributed by atoms with Crippen LogP contribution in [0.4, 0.5) is 0 Å². The van der Waals surface area contributed by atoms with Crippen LogP contribution < -0.4 is 5.32 Å². The van der Waals surface area contributed by atoms with Gasteiger partial charge in [0.05, 0.1) is 0 Å². The fourth-order valence-electron chi connectivity index (χ4n) is 2.11. The Bertz CT molecular complexity index is 225. The van der Waals surface area contributed by atoms with Gasteiger partial charge in [0.1, 0.15) is 6.29 Å². The number of nitrogens with zero attached hydrogens (tertiary/aromatic N) is 1. The monoisotopic (exact) mass is 240 g/mol. The molecule has 4 heteroatoms. The van der Waals surface area contributed by atoms with Crippen LogP contribution in [0.2, 0.25) is 0 Å². The maximum absolute atomic E-state index is 11.5. The molecule has 0 atom stereocenters. The first-order valence-corrected chi connectivity index (χ1v) is 6.75. The van der Waals surface area contributed by atoms with Crippen LogP contribution in [0.5, 0.6) is 0 Å². The average molecular weight is 240 g/mol. The maximum Gasteiger partial charge on any atom is 0.221 e. The van der Waals surface area contributed by atoms with Crippen LogP contribution in [0.3, 0.4) is 0 Å². The number of hydrogen-bond acceptors (Lipinski definition) is 3. The van der Waals surface area contributed by atoms with Crippen molar-refractivity contribution in [2.45, 2.75) is 44.9 Å². The zero-order valence-corrected chi connectivity index (χ0v) is 10.6. The molecule has 0 spiro atoms. The molecule has 0 aromatic heterocycles. The van der Waals surface area contributed by atoms with Crippen LogP contribution in [0.15, 0.2) is 0 Å². The molecular formula is C13H24N2O2. The molecule has 17 heavy (non-hydrogen) atoms. The Balaban J connectivity index is 1.94. The summed E-state index contributed by atoms with van der Waals surface area (Å²) < 4.78 is 0. The Morgan fingerprint density at radius 2 is 1.94 bits per heavy atom. The highest BCUT2D eigenvalue weighted by Gasteiger charge is 2.11. The standard InChI is InChI=1S/C13H24N2O2/c16-12-6-1-3-8-14-13(17)7-11-15-9-4-2-5-10-15/h12H,1-11H2,(H,14,17). The van der Waals surface area contributed by atoms with Gasteiger partial charge in [-0.05, 0) is 38.8 Å². The van der Waals surface area contributed by atoms with E-state index in [1.807, 2.05) is 0 Å². The van der Waals surface area contributed by atoms with Crippen LogP contribution in [0, 0.1) is 0 Å². The quantitative estimate of drug-likeness (QED) is 0.514. The van der Waals surface area contributed by atoms with Crippen molar-refractivity contribution in [2.24, 2.45) is 0 Å². The molecular weight excluding hydrogens is 216 g/mol. The molecule has 98 valence electrons. The minimum Gasteiger partial charge on any atom is -0.356 e. The molecule has 0 radical (unpaired) electrons. The van der Waals surface area contributed by atoms with Crippen LogP contribution in [0.25, 0.3) is 0 Å². The number of rotatable bonds is 8. The first kappa shape index (κ1) is 14.2. The number of carbonyl (C=O) groups is 2. The Labute approximate surface area is 104 Å². The molecule has 0 bridgehead atoms. The minimum atomic E-state index is 0.140. The number of amides is 1. The van der Waals surface area contributed by atoms with Crippen molar-refractivity contribution < 1.29 is 9.59 Å². The number of carbonyl (C=O) groups excluding carboxylic acids is 2. The first-order chi connectivity index (χ1) is 8.33. The fraction of sp³-hybridized carbons (Fsp3) is 0.846. The van der Waals surface area contributed by atoms with Gasteiger partial charge in [-0.2, -0.15) is 0 Å². The molecule has 0 aromatic carbocycles. The van der Waals surface area contributed by atoms with Crippen molar-refractivity contribution in [3.05, 3.63) is 0 Å². The number of likely N-dealkylation sites (tertiary alicyclic amines) is 1.